The molecule has 0 aliphatic heterocycles. The summed E-state index contributed by atoms with van der Waals surface area (Å²) < 4.78 is 7.63. The minimum Gasteiger partial charge on any atom is -0.489 e. The molecule has 0 aliphatic rings. The lowest BCUT2D eigenvalue weighted by Crippen LogP contribution is -2.26. The number of hydrogen-bond donors (Lipinski definition) is 0. The summed E-state index contributed by atoms with van der Waals surface area (Å²) in [6, 6.07) is 14.0. The number of aromatic nitrogens is 1. The van der Waals surface area contributed by atoms with E-state index in [1.807, 2.05) is 82.0 Å². The van der Waals surface area contributed by atoms with Gasteiger partial charge in [0.05, 0.1) is 0 Å². The quantitative estimate of drug-likeness (QED) is 0.756. The van der Waals surface area contributed by atoms with Crippen LogP contribution in [0, 0.1) is 0 Å². The molecule has 104 valence electrons. The van der Waals surface area contributed by atoms with Crippen molar-refractivity contribution >= 4 is 0 Å². The third-order valence-corrected chi connectivity index (χ3v) is 2.20. The highest BCUT2D eigenvalue weighted by atomic mass is 16.5. The van der Waals surface area contributed by atoms with E-state index < -0.39 is 0 Å². The highest BCUT2D eigenvalue weighted by Gasteiger charge is 1.97. The molecular formula is C17H26NO+. The van der Waals surface area contributed by atoms with Gasteiger partial charge in [0.2, 0.25) is 0 Å². The van der Waals surface area contributed by atoms with E-state index in [9.17, 15) is 0 Å². The number of nitrogens with zero attached hydrogens (tertiary/aromatic N) is 1. The number of pyridine rings is 1. The molecule has 0 unspecified atom stereocenters. The first-order valence-electron chi connectivity index (χ1n) is 6.96. The third kappa shape index (κ3) is 7.24. The van der Waals surface area contributed by atoms with E-state index in [4.69, 9.17) is 4.74 Å². The van der Waals surface area contributed by atoms with Gasteiger partial charge in [-0.25, -0.2) is 4.57 Å². The van der Waals surface area contributed by atoms with Crippen molar-refractivity contribution in [3.05, 3.63) is 60.4 Å². The van der Waals surface area contributed by atoms with E-state index in [0.29, 0.717) is 6.61 Å². The van der Waals surface area contributed by atoms with Crippen LogP contribution in [0.15, 0.2) is 54.9 Å². The molecule has 0 aliphatic carbocycles. The Bertz CT molecular complexity index is 409. The number of ether oxygens (including phenoxy) is 1. The Balaban J connectivity index is 0.000000741. The molecule has 0 spiro atoms. The van der Waals surface area contributed by atoms with Crippen LogP contribution in [0.1, 0.15) is 33.3 Å². The minimum absolute atomic E-state index is 0.616. The fourth-order valence-electron chi connectivity index (χ4n) is 1.31. The van der Waals surface area contributed by atoms with Crippen LogP contribution in [0.25, 0.3) is 0 Å². The molecule has 0 bridgehead atoms. The lowest BCUT2D eigenvalue weighted by molar-refractivity contribution is -0.671. The fraction of sp³-hybridized carbons (Fsp3) is 0.353. The first-order chi connectivity index (χ1) is 9.34. The predicted molar refractivity (Wildman–Crippen MR) is 81.1 cm³/mol. The summed E-state index contributed by atoms with van der Waals surface area (Å²) in [7, 11) is 2.00. The van der Waals surface area contributed by atoms with Crippen molar-refractivity contribution in [1.29, 1.82) is 0 Å². The largest absolute Gasteiger partial charge is 0.489 e. The summed E-state index contributed by atoms with van der Waals surface area (Å²) in [5.74, 6) is 0.908. The van der Waals surface area contributed by atoms with Crippen LogP contribution in [0.5, 0.6) is 5.75 Å². The highest BCUT2D eigenvalue weighted by Crippen LogP contribution is 2.10. The number of benzene rings is 1. The van der Waals surface area contributed by atoms with Gasteiger partial charge in [0.25, 0.3) is 0 Å². The molecule has 2 heteroatoms. The standard InChI is InChI=1S/C13H14NO.2C2H6/c1-14-9-7-12(8-10-14)11-15-13-5-3-2-4-6-13;2*1-2/h2-10H,11H2,1H3;2*1-2H3/q+1;;. The lowest BCUT2D eigenvalue weighted by Gasteiger charge is -2.04. The maximum Gasteiger partial charge on any atom is 0.168 e. The van der Waals surface area contributed by atoms with E-state index in [1.165, 1.54) is 5.56 Å². The molecule has 0 atom stereocenters. The normalized spacial score (nSPS) is 8.47. The Kier molecular flexibility index (Phi) is 10.2. The van der Waals surface area contributed by atoms with Gasteiger partial charge in [-0.05, 0) is 12.1 Å². The fourth-order valence-corrected chi connectivity index (χ4v) is 1.31. The van der Waals surface area contributed by atoms with Crippen LogP contribution >= 0.6 is 0 Å². The van der Waals surface area contributed by atoms with Gasteiger partial charge in [-0.2, -0.15) is 0 Å². The molecule has 19 heavy (non-hydrogen) atoms. The number of rotatable bonds is 3. The summed E-state index contributed by atoms with van der Waals surface area (Å²) in [5, 5.41) is 0. The number of hydrogen-bond acceptors (Lipinski definition) is 1. The van der Waals surface area contributed by atoms with Crippen LogP contribution in [0.4, 0.5) is 0 Å². The maximum absolute atomic E-state index is 5.62. The van der Waals surface area contributed by atoms with Gasteiger partial charge in [0.1, 0.15) is 19.4 Å². The molecule has 2 aromatic rings. The maximum atomic E-state index is 5.62. The number of aryl methyl sites for hydroxylation is 1. The highest BCUT2D eigenvalue weighted by molar-refractivity contribution is 5.21. The van der Waals surface area contributed by atoms with Crippen molar-refractivity contribution in [1.82, 2.24) is 0 Å². The topological polar surface area (TPSA) is 13.1 Å². The van der Waals surface area contributed by atoms with E-state index in [2.05, 4.69) is 12.1 Å². The first kappa shape index (κ1) is 17.2. The number of para-hydroxylation sites is 1. The first-order valence-corrected chi connectivity index (χ1v) is 6.96. The van der Waals surface area contributed by atoms with E-state index in [1.54, 1.807) is 0 Å². The van der Waals surface area contributed by atoms with Gasteiger partial charge in [-0.15, -0.1) is 0 Å². The Morgan fingerprint density at radius 3 is 1.89 bits per heavy atom. The van der Waals surface area contributed by atoms with Crippen LogP contribution in [-0.4, -0.2) is 0 Å². The smallest absolute Gasteiger partial charge is 0.168 e. The molecule has 2 rings (SSSR count). The molecule has 1 aromatic heterocycles. The Morgan fingerprint density at radius 1 is 0.842 bits per heavy atom. The zero-order chi connectivity index (χ0) is 14.5. The summed E-state index contributed by atoms with van der Waals surface area (Å²) in [6.07, 6.45) is 4.04. The lowest BCUT2D eigenvalue weighted by atomic mass is 10.3. The molecule has 1 aromatic carbocycles. The molecule has 1 heterocycles. The summed E-state index contributed by atoms with van der Waals surface area (Å²) in [6.45, 7) is 8.62. The van der Waals surface area contributed by atoms with Gasteiger partial charge in [0, 0.05) is 17.7 Å². The monoisotopic (exact) mass is 260 g/mol. The molecule has 0 radical (unpaired) electrons. The average Bonchev–Trinajstić information content (AvgIpc) is 2.52. The van der Waals surface area contributed by atoms with Crippen molar-refractivity contribution in [2.75, 3.05) is 0 Å². The Labute approximate surface area is 117 Å². The van der Waals surface area contributed by atoms with Gasteiger partial charge in [-0.3, -0.25) is 0 Å². The predicted octanol–water partition coefficient (Wildman–Crippen LogP) is 4.14. The zero-order valence-corrected chi connectivity index (χ0v) is 12.8. The molecule has 2 nitrogen and oxygen atoms in total. The molecule has 0 saturated heterocycles. The summed E-state index contributed by atoms with van der Waals surface area (Å²) in [5.41, 5.74) is 1.18. The molecule has 0 N–H and O–H groups in total. The second-order valence-electron chi connectivity index (χ2n) is 3.47. The van der Waals surface area contributed by atoms with Crippen molar-refractivity contribution in [3.8, 4) is 5.75 Å². The Hall–Kier alpha value is -1.83. The van der Waals surface area contributed by atoms with Gasteiger partial charge < -0.3 is 4.74 Å². The van der Waals surface area contributed by atoms with Crippen molar-refractivity contribution in [3.63, 3.8) is 0 Å². The SMILES string of the molecule is CC.CC.C[n+]1ccc(COc2ccccc2)cc1. The second kappa shape index (κ2) is 11.3. The molecule has 0 saturated carbocycles. The Morgan fingerprint density at radius 2 is 1.37 bits per heavy atom. The van der Waals surface area contributed by atoms with Gasteiger partial charge >= 0.3 is 0 Å². The second-order valence-corrected chi connectivity index (χ2v) is 3.47. The van der Waals surface area contributed by atoms with E-state index >= 15 is 0 Å². The van der Waals surface area contributed by atoms with Crippen LogP contribution in [0.2, 0.25) is 0 Å². The van der Waals surface area contributed by atoms with Crippen LogP contribution in [-0.2, 0) is 13.7 Å². The minimum atomic E-state index is 0.616. The summed E-state index contributed by atoms with van der Waals surface area (Å²) >= 11 is 0. The van der Waals surface area contributed by atoms with E-state index in [0.717, 1.165) is 5.75 Å². The average molecular weight is 260 g/mol. The van der Waals surface area contributed by atoms with Crippen molar-refractivity contribution < 1.29 is 9.30 Å². The van der Waals surface area contributed by atoms with Crippen molar-refractivity contribution in [2.24, 2.45) is 7.05 Å². The third-order valence-electron chi connectivity index (χ3n) is 2.20. The molecular weight excluding hydrogens is 234 g/mol. The van der Waals surface area contributed by atoms with Gasteiger partial charge in [0.15, 0.2) is 12.4 Å². The molecule has 0 fully saturated rings. The van der Waals surface area contributed by atoms with E-state index in [-0.39, 0.29) is 0 Å². The van der Waals surface area contributed by atoms with Crippen LogP contribution in [0.3, 0.4) is 0 Å². The van der Waals surface area contributed by atoms with Crippen LogP contribution < -0.4 is 9.30 Å². The van der Waals surface area contributed by atoms with Crippen molar-refractivity contribution in [2.45, 2.75) is 34.3 Å². The molecule has 0 amide bonds. The summed E-state index contributed by atoms with van der Waals surface area (Å²) in [4.78, 5) is 0. The van der Waals surface area contributed by atoms with Gasteiger partial charge in [-0.1, -0.05) is 45.9 Å². The zero-order valence-electron chi connectivity index (χ0n) is 12.8.